The highest BCUT2D eigenvalue weighted by Gasteiger charge is 1.77. The van der Waals surface area contributed by atoms with Gasteiger partial charge in [0.15, 0.2) is 0 Å². The third kappa shape index (κ3) is 12.7. The molecule has 0 unspecified atom stereocenters. The first-order valence-electron chi connectivity index (χ1n) is 5.73. The van der Waals surface area contributed by atoms with Crippen LogP contribution in [0.5, 0.6) is 0 Å². The van der Waals surface area contributed by atoms with Crippen LogP contribution in [0.2, 0.25) is 0 Å². The van der Waals surface area contributed by atoms with E-state index in [1.165, 1.54) is 12.8 Å². The summed E-state index contributed by atoms with van der Waals surface area (Å²) in [7, 11) is 0. The van der Waals surface area contributed by atoms with Crippen molar-refractivity contribution in [1.82, 2.24) is 0 Å². The maximum Gasteiger partial charge on any atom is 0.0663 e. The predicted molar refractivity (Wildman–Crippen MR) is 66.4 cm³/mol. The SMILES string of the molecule is CCC/C=C/C/C=C/CC/C=C/CC#N. The minimum Gasteiger partial charge on any atom is -0.198 e. The van der Waals surface area contributed by atoms with Gasteiger partial charge in [0.1, 0.15) is 0 Å². The van der Waals surface area contributed by atoms with E-state index in [1.54, 1.807) is 0 Å². The Morgan fingerprint density at radius 3 is 2.07 bits per heavy atom. The van der Waals surface area contributed by atoms with E-state index in [4.69, 9.17) is 5.26 Å². The molecule has 0 aromatic heterocycles. The van der Waals surface area contributed by atoms with Crippen molar-refractivity contribution in [3.63, 3.8) is 0 Å². The van der Waals surface area contributed by atoms with Gasteiger partial charge >= 0.3 is 0 Å². The van der Waals surface area contributed by atoms with Gasteiger partial charge in [-0.3, -0.25) is 0 Å². The van der Waals surface area contributed by atoms with Crippen LogP contribution >= 0.6 is 0 Å². The topological polar surface area (TPSA) is 23.8 Å². The minimum atomic E-state index is 0.531. The summed E-state index contributed by atoms with van der Waals surface area (Å²) in [5.74, 6) is 0. The van der Waals surface area contributed by atoms with E-state index in [0.717, 1.165) is 19.3 Å². The Labute approximate surface area is 93.8 Å². The molecule has 0 fully saturated rings. The average Bonchev–Trinajstić information content (AvgIpc) is 2.26. The lowest BCUT2D eigenvalue weighted by atomic mass is 10.2. The first kappa shape index (κ1) is 13.7. The molecular formula is C14H21N. The number of hydrogen-bond donors (Lipinski definition) is 0. The lowest BCUT2D eigenvalue weighted by Gasteiger charge is -1.86. The molecule has 15 heavy (non-hydrogen) atoms. The van der Waals surface area contributed by atoms with E-state index in [2.05, 4.69) is 43.4 Å². The van der Waals surface area contributed by atoms with Gasteiger partial charge in [0, 0.05) is 0 Å². The third-order valence-electron chi connectivity index (χ3n) is 1.94. The molecular weight excluding hydrogens is 182 g/mol. The van der Waals surface area contributed by atoms with Gasteiger partial charge < -0.3 is 0 Å². The summed E-state index contributed by atoms with van der Waals surface area (Å²) in [5, 5.41) is 8.29. The van der Waals surface area contributed by atoms with E-state index < -0.39 is 0 Å². The van der Waals surface area contributed by atoms with Gasteiger partial charge in [-0.2, -0.15) is 5.26 Å². The minimum absolute atomic E-state index is 0.531. The van der Waals surface area contributed by atoms with Gasteiger partial charge in [-0.1, -0.05) is 49.8 Å². The fourth-order valence-corrected chi connectivity index (χ4v) is 1.12. The summed E-state index contributed by atoms with van der Waals surface area (Å²) in [4.78, 5) is 0. The van der Waals surface area contributed by atoms with E-state index in [9.17, 15) is 0 Å². The molecule has 0 N–H and O–H groups in total. The Hall–Kier alpha value is -1.29. The lowest BCUT2D eigenvalue weighted by Crippen LogP contribution is -1.66. The van der Waals surface area contributed by atoms with Crippen LogP contribution in [-0.4, -0.2) is 0 Å². The first-order chi connectivity index (χ1) is 7.41. The average molecular weight is 203 g/mol. The Bertz CT molecular complexity index is 241. The molecule has 0 aromatic carbocycles. The molecule has 0 rings (SSSR count). The van der Waals surface area contributed by atoms with Gasteiger partial charge in [0.25, 0.3) is 0 Å². The van der Waals surface area contributed by atoms with Gasteiger partial charge in [0.2, 0.25) is 0 Å². The van der Waals surface area contributed by atoms with Gasteiger partial charge in [0.05, 0.1) is 12.5 Å². The zero-order chi connectivity index (χ0) is 11.2. The largest absolute Gasteiger partial charge is 0.198 e. The van der Waals surface area contributed by atoms with Crippen molar-refractivity contribution in [2.75, 3.05) is 0 Å². The molecule has 0 spiro atoms. The molecule has 0 aromatic rings. The zero-order valence-electron chi connectivity index (χ0n) is 9.65. The highest BCUT2D eigenvalue weighted by molar-refractivity contribution is 4.95. The molecule has 0 aliphatic heterocycles. The fraction of sp³-hybridized carbons (Fsp3) is 0.500. The number of allylic oxidation sites excluding steroid dienone is 6. The van der Waals surface area contributed by atoms with Crippen LogP contribution < -0.4 is 0 Å². The molecule has 1 nitrogen and oxygen atoms in total. The maximum atomic E-state index is 8.29. The summed E-state index contributed by atoms with van der Waals surface area (Å²) in [6.45, 7) is 2.19. The normalized spacial score (nSPS) is 11.7. The second kappa shape index (κ2) is 12.7. The van der Waals surface area contributed by atoms with E-state index in [0.29, 0.717) is 6.42 Å². The summed E-state index contributed by atoms with van der Waals surface area (Å²) in [5.41, 5.74) is 0. The van der Waals surface area contributed by atoms with Crippen LogP contribution in [-0.2, 0) is 0 Å². The van der Waals surface area contributed by atoms with Crippen LogP contribution in [0.15, 0.2) is 36.5 Å². The molecule has 1 heteroatoms. The number of unbranched alkanes of at least 4 members (excludes halogenated alkanes) is 2. The monoisotopic (exact) mass is 203 g/mol. The summed E-state index contributed by atoms with van der Waals surface area (Å²) < 4.78 is 0. The summed E-state index contributed by atoms with van der Waals surface area (Å²) in [6, 6.07) is 2.08. The predicted octanol–water partition coefficient (Wildman–Crippen LogP) is 4.54. The number of hydrogen-bond acceptors (Lipinski definition) is 1. The van der Waals surface area contributed by atoms with Crippen LogP contribution in [0.25, 0.3) is 0 Å². The second-order valence-corrected chi connectivity index (χ2v) is 3.38. The van der Waals surface area contributed by atoms with Crippen molar-refractivity contribution in [2.45, 2.75) is 45.4 Å². The molecule has 0 aliphatic carbocycles. The van der Waals surface area contributed by atoms with Crippen LogP contribution in [0.4, 0.5) is 0 Å². The number of nitrogens with zero attached hydrogens (tertiary/aromatic N) is 1. The zero-order valence-corrected chi connectivity index (χ0v) is 9.65. The van der Waals surface area contributed by atoms with Crippen molar-refractivity contribution in [1.29, 1.82) is 5.26 Å². The summed E-state index contributed by atoms with van der Waals surface area (Å²) in [6.07, 6.45) is 18.9. The van der Waals surface area contributed by atoms with Crippen molar-refractivity contribution in [3.05, 3.63) is 36.5 Å². The molecule has 0 aliphatic rings. The van der Waals surface area contributed by atoms with Crippen LogP contribution in [0.1, 0.15) is 45.4 Å². The molecule has 0 atom stereocenters. The quantitative estimate of drug-likeness (QED) is 0.419. The Morgan fingerprint density at radius 2 is 1.47 bits per heavy atom. The number of nitriles is 1. The molecule has 82 valence electrons. The smallest absolute Gasteiger partial charge is 0.0663 e. The van der Waals surface area contributed by atoms with Gasteiger partial charge in [-0.25, -0.2) is 0 Å². The van der Waals surface area contributed by atoms with Crippen molar-refractivity contribution >= 4 is 0 Å². The number of rotatable bonds is 8. The second-order valence-electron chi connectivity index (χ2n) is 3.38. The highest BCUT2D eigenvalue weighted by atomic mass is 14.2. The maximum absolute atomic E-state index is 8.29. The molecule has 0 bridgehead atoms. The van der Waals surface area contributed by atoms with Crippen LogP contribution in [0, 0.1) is 11.3 Å². The molecule has 0 saturated carbocycles. The fourth-order valence-electron chi connectivity index (χ4n) is 1.12. The van der Waals surface area contributed by atoms with Gasteiger partial charge in [-0.15, -0.1) is 0 Å². The van der Waals surface area contributed by atoms with Crippen molar-refractivity contribution in [3.8, 4) is 6.07 Å². The van der Waals surface area contributed by atoms with Crippen LogP contribution in [0.3, 0.4) is 0 Å². The summed E-state index contributed by atoms with van der Waals surface area (Å²) >= 11 is 0. The standard InChI is InChI=1S/C14H21N/c1-2-3-4-5-6-7-8-9-10-11-12-13-14-15/h4-5,7-8,11-12H,2-3,6,9-10,13H2,1H3/b5-4+,8-7+,12-11+. The van der Waals surface area contributed by atoms with Gasteiger partial charge in [-0.05, 0) is 25.7 Å². The van der Waals surface area contributed by atoms with Crippen molar-refractivity contribution < 1.29 is 0 Å². The molecule has 0 heterocycles. The van der Waals surface area contributed by atoms with E-state index >= 15 is 0 Å². The molecule has 0 amide bonds. The Balaban J connectivity index is 3.28. The van der Waals surface area contributed by atoms with E-state index in [-0.39, 0.29) is 0 Å². The highest BCUT2D eigenvalue weighted by Crippen LogP contribution is 1.97. The van der Waals surface area contributed by atoms with Crippen molar-refractivity contribution in [2.24, 2.45) is 0 Å². The Kier molecular flexibility index (Phi) is 11.6. The Morgan fingerprint density at radius 1 is 0.867 bits per heavy atom. The molecule has 0 saturated heterocycles. The third-order valence-corrected chi connectivity index (χ3v) is 1.94. The molecule has 0 radical (unpaired) electrons. The first-order valence-corrected chi connectivity index (χ1v) is 5.73. The lowest BCUT2D eigenvalue weighted by molar-refractivity contribution is 0.954. The van der Waals surface area contributed by atoms with E-state index in [1.807, 2.05) is 6.08 Å².